The molecule has 22 heavy (non-hydrogen) atoms. The number of amides is 1. The molecule has 1 amide bonds. The van der Waals surface area contributed by atoms with E-state index < -0.39 is 6.09 Å². The van der Waals surface area contributed by atoms with Crippen molar-refractivity contribution in [2.75, 3.05) is 11.5 Å². The Morgan fingerprint density at radius 1 is 1.45 bits per heavy atom. The first-order valence-electron chi connectivity index (χ1n) is 6.51. The van der Waals surface area contributed by atoms with Crippen molar-refractivity contribution in [2.45, 2.75) is 13.0 Å². The minimum Gasteiger partial charge on any atom is -0.446 e. The molecule has 4 heterocycles. The molecule has 1 atom stereocenters. The Hall–Kier alpha value is -2.00. The zero-order valence-electron chi connectivity index (χ0n) is 11.4. The van der Waals surface area contributed by atoms with Gasteiger partial charge in [0.2, 0.25) is 0 Å². The van der Waals surface area contributed by atoms with Crippen LogP contribution in [0.25, 0.3) is 5.65 Å². The van der Waals surface area contributed by atoms with Crippen LogP contribution >= 0.6 is 27.3 Å². The summed E-state index contributed by atoms with van der Waals surface area (Å²) in [4.78, 5) is 22.6. The zero-order chi connectivity index (χ0) is 15.3. The van der Waals surface area contributed by atoms with E-state index in [2.05, 4.69) is 31.0 Å². The lowest BCUT2D eigenvalue weighted by Gasteiger charge is -2.18. The highest BCUT2D eigenvalue weighted by Crippen LogP contribution is 2.34. The summed E-state index contributed by atoms with van der Waals surface area (Å²) in [6.45, 7) is 2.20. The third kappa shape index (κ3) is 2.08. The van der Waals surface area contributed by atoms with Crippen molar-refractivity contribution in [3.8, 4) is 0 Å². The van der Waals surface area contributed by atoms with Crippen LogP contribution in [-0.2, 0) is 4.74 Å². The number of ether oxygens (including phenoxy) is 1. The molecule has 0 radical (unpaired) electrons. The summed E-state index contributed by atoms with van der Waals surface area (Å²) in [5.41, 5.74) is 1.58. The lowest BCUT2D eigenvalue weighted by molar-refractivity contribution is 0.179. The molecule has 4 rings (SSSR count). The van der Waals surface area contributed by atoms with Crippen LogP contribution in [0.15, 0.2) is 28.3 Å². The van der Waals surface area contributed by atoms with Crippen molar-refractivity contribution >= 4 is 44.8 Å². The average Bonchev–Trinajstić information content (AvgIpc) is 3.19. The second-order valence-corrected chi connectivity index (χ2v) is 6.58. The summed E-state index contributed by atoms with van der Waals surface area (Å²) in [5.74, 6) is 0.522. The van der Waals surface area contributed by atoms with Gasteiger partial charge in [0.1, 0.15) is 23.5 Å². The summed E-state index contributed by atoms with van der Waals surface area (Å²) in [6.07, 6.45) is 3.01. The van der Waals surface area contributed by atoms with Crippen LogP contribution in [-0.4, -0.2) is 32.3 Å². The molecule has 9 heteroatoms. The SMILES string of the molecule is Cc1csc([C@H]2COC(=O)N2c2ccn3ncc(Br)c3n2)n1. The number of rotatable bonds is 2. The number of nitrogens with zero attached hydrogens (tertiary/aromatic N) is 5. The Bertz CT molecular complexity index is 876. The second kappa shape index (κ2) is 5.03. The smallest absolute Gasteiger partial charge is 0.416 e. The molecule has 112 valence electrons. The van der Waals surface area contributed by atoms with Crippen LogP contribution in [0.3, 0.4) is 0 Å². The van der Waals surface area contributed by atoms with Gasteiger partial charge in [0.15, 0.2) is 5.65 Å². The quantitative estimate of drug-likeness (QED) is 0.684. The number of hydrogen-bond donors (Lipinski definition) is 0. The molecule has 1 aliphatic rings. The number of hydrogen-bond acceptors (Lipinski definition) is 6. The summed E-state index contributed by atoms with van der Waals surface area (Å²) in [6, 6.07) is 1.50. The number of anilines is 1. The number of halogens is 1. The molecular formula is C13H10BrN5O2S. The molecule has 1 saturated heterocycles. The molecule has 0 N–H and O–H groups in total. The van der Waals surface area contributed by atoms with E-state index in [0.29, 0.717) is 11.5 Å². The third-order valence-corrected chi connectivity index (χ3v) is 4.98. The van der Waals surface area contributed by atoms with Crippen LogP contribution < -0.4 is 4.90 Å². The highest BCUT2D eigenvalue weighted by Gasteiger charge is 2.38. The molecule has 0 aliphatic carbocycles. The summed E-state index contributed by atoms with van der Waals surface area (Å²) < 4.78 is 7.60. The Morgan fingerprint density at radius 3 is 3.09 bits per heavy atom. The van der Waals surface area contributed by atoms with E-state index in [1.807, 2.05) is 12.3 Å². The molecule has 0 saturated carbocycles. The first kappa shape index (κ1) is 13.6. The summed E-state index contributed by atoms with van der Waals surface area (Å²) in [7, 11) is 0. The van der Waals surface area contributed by atoms with Crippen molar-refractivity contribution in [1.29, 1.82) is 0 Å². The first-order valence-corrected chi connectivity index (χ1v) is 8.18. The van der Waals surface area contributed by atoms with Gasteiger partial charge in [0.25, 0.3) is 0 Å². The fraction of sp³-hybridized carbons (Fsp3) is 0.231. The van der Waals surface area contributed by atoms with Gasteiger partial charge in [-0.1, -0.05) is 0 Å². The van der Waals surface area contributed by atoms with E-state index in [1.165, 1.54) is 16.2 Å². The minimum absolute atomic E-state index is 0.247. The molecule has 0 spiro atoms. The van der Waals surface area contributed by atoms with E-state index in [-0.39, 0.29) is 12.6 Å². The number of carbonyl (C=O) groups is 1. The van der Waals surface area contributed by atoms with E-state index in [1.54, 1.807) is 23.0 Å². The molecule has 1 fully saturated rings. The Morgan fingerprint density at radius 2 is 2.32 bits per heavy atom. The van der Waals surface area contributed by atoms with E-state index in [0.717, 1.165) is 15.2 Å². The topological polar surface area (TPSA) is 72.6 Å². The standard InChI is InChI=1S/C13H10BrN5O2S/c1-7-6-22-12(16-7)9-5-21-13(20)19(9)10-2-3-18-11(17-10)8(14)4-15-18/h2-4,6,9H,5H2,1H3/t9-/m1/s1. The molecule has 0 aromatic carbocycles. The van der Waals surface area contributed by atoms with Crippen LogP contribution in [0.2, 0.25) is 0 Å². The lowest BCUT2D eigenvalue weighted by Crippen LogP contribution is -2.28. The average molecular weight is 380 g/mol. The number of cyclic esters (lactones) is 1. The molecule has 0 bridgehead atoms. The summed E-state index contributed by atoms with van der Waals surface area (Å²) >= 11 is 4.91. The predicted octanol–water partition coefficient (Wildman–Crippen LogP) is 2.95. The normalized spacial score (nSPS) is 18.2. The van der Waals surface area contributed by atoms with E-state index in [4.69, 9.17) is 4.74 Å². The van der Waals surface area contributed by atoms with Crippen molar-refractivity contribution in [3.05, 3.63) is 39.0 Å². The fourth-order valence-corrected chi connectivity index (χ4v) is 3.58. The Kier molecular flexibility index (Phi) is 3.12. The largest absolute Gasteiger partial charge is 0.446 e. The van der Waals surface area contributed by atoms with Crippen molar-refractivity contribution in [3.63, 3.8) is 0 Å². The maximum atomic E-state index is 12.1. The molecule has 7 nitrogen and oxygen atoms in total. The monoisotopic (exact) mass is 379 g/mol. The minimum atomic E-state index is -0.412. The van der Waals surface area contributed by atoms with Gasteiger partial charge in [-0.3, -0.25) is 0 Å². The predicted molar refractivity (Wildman–Crippen MR) is 84.1 cm³/mol. The third-order valence-electron chi connectivity index (χ3n) is 3.35. The first-order chi connectivity index (χ1) is 10.6. The number of thiazole rings is 1. The van der Waals surface area contributed by atoms with Gasteiger partial charge in [-0.25, -0.2) is 24.2 Å². The van der Waals surface area contributed by atoms with Crippen molar-refractivity contribution in [1.82, 2.24) is 19.6 Å². The Balaban J connectivity index is 1.79. The lowest BCUT2D eigenvalue weighted by atomic mass is 10.3. The van der Waals surface area contributed by atoms with E-state index >= 15 is 0 Å². The zero-order valence-corrected chi connectivity index (χ0v) is 13.8. The maximum absolute atomic E-state index is 12.1. The maximum Gasteiger partial charge on any atom is 0.416 e. The van der Waals surface area contributed by atoms with Crippen molar-refractivity contribution < 1.29 is 9.53 Å². The molecule has 3 aromatic rings. The molecule has 1 aliphatic heterocycles. The van der Waals surface area contributed by atoms with Crippen LogP contribution in [0.4, 0.5) is 10.6 Å². The molecular weight excluding hydrogens is 370 g/mol. The number of fused-ring (bicyclic) bond motifs is 1. The number of carbonyl (C=O) groups excluding carboxylic acids is 1. The number of aromatic nitrogens is 4. The van der Waals surface area contributed by atoms with Gasteiger partial charge in [-0.15, -0.1) is 11.3 Å². The van der Waals surface area contributed by atoms with Gasteiger partial charge in [-0.2, -0.15) is 5.10 Å². The van der Waals surface area contributed by atoms with Gasteiger partial charge >= 0.3 is 6.09 Å². The number of aryl methyl sites for hydroxylation is 1. The van der Waals surface area contributed by atoms with E-state index in [9.17, 15) is 4.79 Å². The van der Waals surface area contributed by atoms with Crippen LogP contribution in [0, 0.1) is 6.92 Å². The molecule has 3 aromatic heterocycles. The summed E-state index contributed by atoms with van der Waals surface area (Å²) in [5, 5.41) is 6.95. The van der Waals surface area contributed by atoms with Gasteiger partial charge in [0, 0.05) is 17.3 Å². The van der Waals surface area contributed by atoms with Gasteiger partial charge < -0.3 is 4.74 Å². The van der Waals surface area contributed by atoms with Crippen LogP contribution in [0.5, 0.6) is 0 Å². The van der Waals surface area contributed by atoms with Gasteiger partial charge in [-0.05, 0) is 28.9 Å². The van der Waals surface area contributed by atoms with Crippen molar-refractivity contribution in [2.24, 2.45) is 0 Å². The highest BCUT2D eigenvalue weighted by atomic mass is 79.9. The highest BCUT2D eigenvalue weighted by molar-refractivity contribution is 9.10. The molecule has 0 unspecified atom stereocenters. The van der Waals surface area contributed by atoms with Gasteiger partial charge in [0.05, 0.1) is 10.7 Å². The second-order valence-electron chi connectivity index (χ2n) is 4.84. The Labute approximate surface area is 137 Å². The fourth-order valence-electron chi connectivity index (χ4n) is 2.35. The van der Waals surface area contributed by atoms with Crippen LogP contribution in [0.1, 0.15) is 16.7 Å².